The highest BCUT2D eigenvalue weighted by molar-refractivity contribution is 5.28. The molecule has 0 amide bonds. The molecule has 0 bridgehead atoms. The fourth-order valence-electron chi connectivity index (χ4n) is 3.08. The van der Waals surface area contributed by atoms with Crippen LogP contribution < -0.4 is 10.5 Å². The lowest BCUT2D eigenvalue weighted by atomic mass is 9.80. The van der Waals surface area contributed by atoms with E-state index in [1.165, 1.54) is 37.7 Å². The summed E-state index contributed by atoms with van der Waals surface area (Å²) in [7, 11) is 3.88. The molecule has 0 unspecified atom stereocenters. The van der Waals surface area contributed by atoms with E-state index in [-0.39, 0.29) is 5.54 Å². The standard InChI is InChI=1S/C17H28N2O/c1-19(12-11-17(18)9-4-3-5-10-17)14-15-7-6-8-16(13-15)20-2/h6-8,13H,3-5,9-12,14,18H2,1-2H3. The molecule has 0 radical (unpaired) electrons. The summed E-state index contributed by atoms with van der Waals surface area (Å²) < 4.78 is 5.27. The summed E-state index contributed by atoms with van der Waals surface area (Å²) in [4.78, 5) is 2.36. The van der Waals surface area contributed by atoms with Gasteiger partial charge in [0.05, 0.1) is 7.11 Å². The maximum atomic E-state index is 6.50. The number of hydrogen-bond donors (Lipinski definition) is 1. The number of ether oxygens (including phenoxy) is 1. The molecule has 1 aliphatic carbocycles. The van der Waals surface area contributed by atoms with Crippen molar-refractivity contribution in [2.24, 2.45) is 5.73 Å². The number of rotatable bonds is 6. The Morgan fingerprint density at radius 2 is 2.00 bits per heavy atom. The van der Waals surface area contributed by atoms with Gasteiger partial charge >= 0.3 is 0 Å². The van der Waals surface area contributed by atoms with Crippen LogP contribution >= 0.6 is 0 Å². The largest absolute Gasteiger partial charge is 0.497 e. The second-order valence-corrected chi connectivity index (χ2v) is 6.26. The van der Waals surface area contributed by atoms with Crippen LogP contribution in [-0.2, 0) is 6.54 Å². The van der Waals surface area contributed by atoms with Crippen LogP contribution in [0.4, 0.5) is 0 Å². The van der Waals surface area contributed by atoms with Gasteiger partial charge in [0, 0.05) is 12.1 Å². The molecule has 0 spiro atoms. The summed E-state index contributed by atoms with van der Waals surface area (Å²) in [5.41, 5.74) is 7.88. The van der Waals surface area contributed by atoms with Crippen molar-refractivity contribution in [3.63, 3.8) is 0 Å². The maximum Gasteiger partial charge on any atom is 0.119 e. The number of nitrogens with two attached hydrogens (primary N) is 1. The molecular formula is C17H28N2O. The Labute approximate surface area is 123 Å². The molecule has 2 rings (SSSR count). The molecule has 1 saturated carbocycles. The lowest BCUT2D eigenvalue weighted by Gasteiger charge is -2.34. The minimum Gasteiger partial charge on any atom is -0.497 e. The zero-order valence-electron chi connectivity index (χ0n) is 12.9. The van der Waals surface area contributed by atoms with Gasteiger partial charge in [-0.25, -0.2) is 0 Å². The molecule has 3 nitrogen and oxygen atoms in total. The van der Waals surface area contributed by atoms with Gasteiger partial charge in [-0.1, -0.05) is 31.4 Å². The predicted octanol–water partition coefficient (Wildman–Crippen LogP) is 3.18. The lowest BCUT2D eigenvalue weighted by Crippen LogP contribution is -2.44. The van der Waals surface area contributed by atoms with E-state index in [0.29, 0.717) is 0 Å². The van der Waals surface area contributed by atoms with Gasteiger partial charge in [0.1, 0.15) is 5.75 Å². The van der Waals surface area contributed by atoms with Crippen molar-refractivity contribution in [2.75, 3.05) is 20.7 Å². The second kappa shape index (κ2) is 7.09. The fourth-order valence-corrected chi connectivity index (χ4v) is 3.08. The van der Waals surface area contributed by atoms with Crippen molar-refractivity contribution >= 4 is 0 Å². The van der Waals surface area contributed by atoms with Gasteiger partial charge in [-0.15, -0.1) is 0 Å². The molecule has 112 valence electrons. The molecular weight excluding hydrogens is 248 g/mol. The van der Waals surface area contributed by atoms with Crippen molar-refractivity contribution in [2.45, 2.75) is 50.6 Å². The molecule has 0 aromatic heterocycles. The highest BCUT2D eigenvalue weighted by atomic mass is 16.5. The van der Waals surface area contributed by atoms with E-state index < -0.39 is 0 Å². The van der Waals surface area contributed by atoms with Crippen LogP contribution in [0.2, 0.25) is 0 Å². The minimum absolute atomic E-state index is 0.0842. The Bertz CT molecular complexity index is 413. The molecule has 1 aliphatic rings. The minimum atomic E-state index is 0.0842. The van der Waals surface area contributed by atoms with Gasteiger partial charge in [-0.05, 0) is 50.6 Å². The monoisotopic (exact) mass is 276 g/mol. The van der Waals surface area contributed by atoms with Crippen LogP contribution in [0, 0.1) is 0 Å². The lowest BCUT2D eigenvalue weighted by molar-refractivity contribution is 0.226. The normalized spacial score (nSPS) is 18.2. The number of methoxy groups -OCH3 is 1. The van der Waals surface area contributed by atoms with Gasteiger partial charge in [0.2, 0.25) is 0 Å². The Balaban J connectivity index is 1.81. The first-order valence-electron chi connectivity index (χ1n) is 7.72. The highest BCUT2D eigenvalue weighted by Gasteiger charge is 2.27. The Hall–Kier alpha value is -1.06. The van der Waals surface area contributed by atoms with Gasteiger partial charge < -0.3 is 15.4 Å². The van der Waals surface area contributed by atoms with Crippen LogP contribution in [0.3, 0.4) is 0 Å². The van der Waals surface area contributed by atoms with E-state index in [2.05, 4.69) is 24.1 Å². The zero-order valence-corrected chi connectivity index (χ0v) is 12.9. The Morgan fingerprint density at radius 1 is 1.25 bits per heavy atom. The third-order valence-electron chi connectivity index (χ3n) is 4.43. The molecule has 1 fully saturated rings. The van der Waals surface area contributed by atoms with E-state index >= 15 is 0 Å². The van der Waals surface area contributed by atoms with E-state index in [1.807, 2.05) is 12.1 Å². The van der Waals surface area contributed by atoms with Crippen molar-refractivity contribution < 1.29 is 4.74 Å². The first-order valence-corrected chi connectivity index (χ1v) is 7.72. The SMILES string of the molecule is COc1cccc(CN(C)CCC2(N)CCCCC2)c1. The van der Waals surface area contributed by atoms with Gasteiger partial charge in [-0.3, -0.25) is 0 Å². The van der Waals surface area contributed by atoms with Gasteiger partial charge in [-0.2, -0.15) is 0 Å². The number of benzene rings is 1. The van der Waals surface area contributed by atoms with Crippen molar-refractivity contribution in [1.82, 2.24) is 4.90 Å². The molecule has 1 aromatic carbocycles. The summed E-state index contributed by atoms with van der Waals surface area (Å²) in [5, 5.41) is 0. The topological polar surface area (TPSA) is 38.5 Å². The smallest absolute Gasteiger partial charge is 0.119 e. The van der Waals surface area contributed by atoms with Crippen molar-refractivity contribution in [3.05, 3.63) is 29.8 Å². The quantitative estimate of drug-likeness (QED) is 0.867. The van der Waals surface area contributed by atoms with E-state index in [9.17, 15) is 0 Å². The molecule has 0 heterocycles. The summed E-state index contributed by atoms with van der Waals surface area (Å²) in [6, 6.07) is 8.29. The third kappa shape index (κ3) is 4.50. The number of nitrogens with zero attached hydrogens (tertiary/aromatic N) is 1. The van der Waals surface area contributed by atoms with E-state index in [1.54, 1.807) is 7.11 Å². The van der Waals surface area contributed by atoms with E-state index in [4.69, 9.17) is 10.5 Å². The Morgan fingerprint density at radius 3 is 2.70 bits per heavy atom. The first kappa shape index (κ1) is 15.3. The fraction of sp³-hybridized carbons (Fsp3) is 0.647. The molecule has 0 aliphatic heterocycles. The summed E-state index contributed by atoms with van der Waals surface area (Å²) >= 11 is 0. The van der Waals surface area contributed by atoms with Gasteiger partial charge in [0.15, 0.2) is 0 Å². The zero-order chi connectivity index (χ0) is 14.4. The molecule has 0 saturated heterocycles. The first-order chi connectivity index (χ1) is 9.61. The summed E-state index contributed by atoms with van der Waals surface area (Å²) in [5.74, 6) is 0.929. The van der Waals surface area contributed by atoms with Crippen LogP contribution in [0.15, 0.2) is 24.3 Å². The molecule has 1 aromatic rings. The average molecular weight is 276 g/mol. The molecule has 2 N–H and O–H groups in total. The maximum absolute atomic E-state index is 6.50. The van der Waals surface area contributed by atoms with Crippen molar-refractivity contribution in [3.8, 4) is 5.75 Å². The Kier molecular flexibility index (Phi) is 5.44. The average Bonchev–Trinajstić information content (AvgIpc) is 2.46. The second-order valence-electron chi connectivity index (χ2n) is 6.26. The molecule has 0 atom stereocenters. The molecule has 3 heteroatoms. The third-order valence-corrected chi connectivity index (χ3v) is 4.43. The molecule has 20 heavy (non-hydrogen) atoms. The highest BCUT2D eigenvalue weighted by Crippen LogP contribution is 2.28. The summed E-state index contributed by atoms with van der Waals surface area (Å²) in [6.45, 7) is 2.01. The summed E-state index contributed by atoms with van der Waals surface area (Å²) in [6.07, 6.45) is 7.46. The van der Waals surface area contributed by atoms with Gasteiger partial charge in [0.25, 0.3) is 0 Å². The van der Waals surface area contributed by atoms with Crippen molar-refractivity contribution in [1.29, 1.82) is 0 Å². The van der Waals surface area contributed by atoms with E-state index in [0.717, 1.165) is 25.3 Å². The van der Waals surface area contributed by atoms with Crippen LogP contribution in [-0.4, -0.2) is 31.1 Å². The predicted molar refractivity (Wildman–Crippen MR) is 83.9 cm³/mol. The van der Waals surface area contributed by atoms with Crippen LogP contribution in [0.5, 0.6) is 5.75 Å². The number of hydrogen-bond acceptors (Lipinski definition) is 3. The van der Waals surface area contributed by atoms with Crippen LogP contribution in [0.1, 0.15) is 44.1 Å². The van der Waals surface area contributed by atoms with Crippen LogP contribution in [0.25, 0.3) is 0 Å².